The molecule has 0 aliphatic rings. The molecule has 0 aliphatic heterocycles. The SMILES string of the molecule is CCC(CC)CN(CC)Cc1ccc(NC)nc1. The molecule has 0 saturated heterocycles. The number of anilines is 1. The lowest BCUT2D eigenvalue weighted by atomic mass is 10.0. The molecule has 0 aromatic carbocycles. The zero-order valence-electron chi connectivity index (χ0n) is 12.2. The molecule has 0 fully saturated rings. The molecule has 1 aromatic heterocycles. The van der Waals surface area contributed by atoms with E-state index in [-0.39, 0.29) is 0 Å². The summed E-state index contributed by atoms with van der Waals surface area (Å²) in [6, 6.07) is 4.20. The van der Waals surface area contributed by atoms with Crippen LogP contribution in [-0.4, -0.2) is 30.0 Å². The van der Waals surface area contributed by atoms with Crippen molar-refractivity contribution in [3.05, 3.63) is 23.9 Å². The molecule has 18 heavy (non-hydrogen) atoms. The summed E-state index contributed by atoms with van der Waals surface area (Å²) in [5, 5.41) is 3.05. The quantitative estimate of drug-likeness (QED) is 0.765. The largest absolute Gasteiger partial charge is 0.373 e. The lowest BCUT2D eigenvalue weighted by Gasteiger charge is -2.25. The van der Waals surface area contributed by atoms with Gasteiger partial charge in [0, 0.05) is 26.3 Å². The second-order valence-electron chi connectivity index (χ2n) is 4.81. The number of hydrogen-bond donors (Lipinski definition) is 1. The third-order valence-corrected chi connectivity index (χ3v) is 3.61. The van der Waals surface area contributed by atoms with Gasteiger partial charge in [0.05, 0.1) is 0 Å². The summed E-state index contributed by atoms with van der Waals surface area (Å²) in [5.74, 6) is 1.75. The van der Waals surface area contributed by atoms with Crippen molar-refractivity contribution in [3.63, 3.8) is 0 Å². The first-order chi connectivity index (χ1) is 8.73. The Bertz CT molecular complexity index is 317. The van der Waals surface area contributed by atoms with E-state index in [9.17, 15) is 0 Å². The van der Waals surface area contributed by atoms with Crippen LogP contribution in [0.25, 0.3) is 0 Å². The molecule has 102 valence electrons. The molecular formula is C15H27N3. The average Bonchev–Trinajstić information content (AvgIpc) is 2.44. The molecule has 0 radical (unpaired) electrons. The van der Waals surface area contributed by atoms with Crippen LogP contribution in [0.15, 0.2) is 18.3 Å². The lowest BCUT2D eigenvalue weighted by molar-refractivity contribution is 0.226. The predicted molar refractivity (Wildman–Crippen MR) is 78.8 cm³/mol. The molecule has 0 saturated carbocycles. The normalized spacial score (nSPS) is 11.2. The highest BCUT2D eigenvalue weighted by Gasteiger charge is 2.10. The molecular weight excluding hydrogens is 222 g/mol. The van der Waals surface area contributed by atoms with E-state index >= 15 is 0 Å². The first-order valence-electron chi connectivity index (χ1n) is 7.08. The monoisotopic (exact) mass is 249 g/mol. The molecule has 1 N–H and O–H groups in total. The molecule has 0 unspecified atom stereocenters. The third-order valence-electron chi connectivity index (χ3n) is 3.61. The van der Waals surface area contributed by atoms with Gasteiger partial charge in [-0.05, 0) is 24.1 Å². The van der Waals surface area contributed by atoms with Crippen LogP contribution in [-0.2, 0) is 6.54 Å². The maximum absolute atomic E-state index is 4.37. The van der Waals surface area contributed by atoms with Gasteiger partial charge < -0.3 is 5.32 Å². The van der Waals surface area contributed by atoms with Gasteiger partial charge in [0.15, 0.2) is 0 Å². The summed E-state index contributed by atoms with van der Waals surface area (Å²) in [6.07, 6.45) is 4.51. The van der Waals surface area contributed by atoms with E-state index in [1.54, 1.807) is 0 Å². The number of nitrogens with zero attached hydrogens (tertiary/aromatic N) is 2. The minimum atomic E-state index is 0.814. The number of aromatic nitrogens is 1. The Kier molecular flexibility index (Phi) is 6.73. The summed E-state index contributed by atoms with van der Waals surface area (Å²) in [4.78, 5) is 6.87. The van der Waals surface area contributed by atoms with Gasteiger partial charge in [0.2, 0.25) is 0 Å². The Morgan fingerprint density at radius 3 is 2.39 bits per heavy atom. The smallest absolute Gasteiger partial charge is 0.125 e. The van der Waals surface area contributed by atoms with Crippen LogP contribution in [0.3, 0.4) is 0 Å². The molecule has 1 aromatic rings. The highest BCUT2D eigenvalue weighted by molar-refractivity contribution is 5.34. The number of hydrogen-bond acceptors (Lipinski definition) is 3. The van der Waals surface area contributed by atoms with E-state index in [4.69, 9.17) is 0 Å². The van der Waals surface area contributed by atoms with E-state index in [1.165, 1.54) is 24.9 Å². The van der Waals surface area contributed by atoms with E-state index in [0.29, 0.717) is 0 Å². The van der Waals surface area contributed by atoms with Crippen molar-refractivity contribution in [2.24, 2.45) is 5.92 Å². The second kappa shape index (κ2) is 8.09. The summed E-state index contributed by atoms with van der Waals surface area (Å²) < 4.78 is 0. The van der Waals surface area contributed by atoms with Gasteiger partial charge in [0.1, 0.15) is 5.82 Å². The number of pyridine rings is 1. The van der Waals surface area contributed by atoms with Crippen LogP contribution in [0, 0.1) is 5.92 Å². The first-order valence-corrected chi connectivity index (χ1v) is 7.08. The zero-order chi connectivity index (χ0) is 13.4. The fourth-order valence-corrected chi connectivity index (χ4v) is 2.14. The summed E-state index contributed by atoms with van der Waals surface area (Å²) >= 11 is 0. The highest BCUT2D eigenvalue weighted by atomic mass is 15.1. The maximum atomic E-state index is 4.37. The lowest BCUT2D eigenvalue weighted by Crippen LogP contribution is -2.28. The van der Waals surface area contributed by atoms with Crippen LogP contribution in [0.1, 0.15) is 39.2 Å². The van der Waals surface area contributed by atoms with E-state index in [2.05, 4.69) is 42.0 Å². The van der Waals surface area contributed by atoms with Crippen molar-refractivity contribution in [1.29, 1.82) is 0 Å². The summed E-state index contributed by atoms with van der Waals surface area (Å²) in [5.41, 5.74) is 1.29. The van der Waals surface area contributed by atoms with Gasteiger partial charge in [-0.25, -0.2) is 4.98 Å². The van der Waals surface area contributed by atoms with Crippen molar-refractivity contribution >= 4 is 5.82 Å². The van der Waals surface area contributed by atoms with Crippen LogP contribution in [0.4, 0.5) is 5.82 Å². The highest BCUT2D eigenvalue weighted by Crippen LogP contribution is 2.13. The first kappa shape index (κ1) is 15.0. The molecule has 0 amide bonds. The predicted octanol–water partition coefficient (Wildman–Crippen LogP) is 3.38. The fraction of sp³-hybridized carbons (Fsp3) is 0.667. The topological polar surface area (TPSA) is 28.2 Å². The standard InChI is InChI=1S/C15H27N3/c1-5-13(6-2)11-18(7-3)12-14-8-9-15(16-4)17-10-14/h8-10,13H,5-7,11-12H2,1-4H3,(H,16,17). The molecule has 1 heterocycles. The summed E-state index contributed by atoms with van der Waals surface area (Å²) in [6.45, 7) is 10.1. The third kappa shape index (κ3) is 4.65. The molecule has 0 aliphatic carbocycles. The van der Waals surface area contributed by atoms with Crippen LogP contribution < -0.4 is 5.32 Å². The molecule has 0 bridgehead atoms. The molecule has 3 heteroatoms. The molecule has 3 nitrogen and oxygen atoms in total. The van der Waals surface area contributed by atoms with Crippen molar-refractivity contribution in [1.82, 2.24) is 9.88 Å². The van der Waals surface area contributed by atoms with Crippen molar-refractivity contribution in [2.45, 2.75) is 40.2 Å². The fourth-order valence-electron chi connectivity index (χ4n) is 2.14. The number of rotatable bonds is 8. The van der Waals surface area contributed by atoms with Gasteiger partial charge in [-0.1, -0.05) is 39.7 Å². The van der Waals surface area contributed by atoms with Crippen molar-refractivity contribution < 1.29 is 0 Å². The van der Waals surface area contributed by atoms with Gasteiger partial charge in [0.25, 0.3) is 0 Å². The molecule has 0 spiro atoms. The second-order valence-corrected chi connectivity index (χ2v) is 4.81. The molecule has 0 atom stereocenters. The summed E-state index contributed by atoms with van der Waals surface area (Å²) in [7, 11) is 1.90. The maximum Gasteiger partial charge on any atom is 0.125 e. The minimum Gasteiger partial charge on any atom is -0.373 e. The van der Waals surface area contributed by atoms with Gasteiger partial charge in [-0.2, -0.15) is 0 Å². The van der Waals surface area contributed by atoms with Crippen molar-refractivity contribution in [3.8, 4) is 0 Å². The van der Waals surface area contributed by atoms with E-state index < -0.39 is 0 Å². The van der Waals surface area contributed by atoms with Crippen LogP contribution >= 0.6 is 0 Å². The van der Waals surface area contributed by atoms with Gasteiger partial charge in [-0.3, -0.25) is 4.90 Å². The van der Waals surface area contributed by atoms with Gasteiger partial charge in [-0.15, -0.1) is 0 Å². The van der Waals surface area contributed by atoms with E-state index in [0.717, 1.165) is 24.8 Å². The van der Waals surface area contributed by atoms with Crippen molar-refractivity contribution in [2.75, 3.05) is 25.5 Å². The number of nitrogens with one attached hydrogen (secondary N) is 1. The molecule has 1 rings (SSSR count). The minimum absolute atomic E-state index is 0.814. The average molecular weight is 249 g/mol. The Labute approximate surface area is 112 Å². The van der Waals surface area contributed by atoms with Gasteiger partial charge >= 0.3 is 0 Å². The Hall–Kier alpha value is -1.09. The van der Waals surface area contributed by atoms with E-state index in [1.807, 2.05) is 19.3 Å². The van der Waals surface area contributed by atoms with Crippen LogP contribution in [0.2, 0.25) is 0 Å². The zero-order valence-corrected chi connectivity index (χ0v) is 12.2. The Balaban J connectivity index is 2.55. The Morgan fingerprint density at radius 2 is 1.94 bits per heavy atom. The Morgan fingerprint density at radius 1 is 1.22 bits per heavy atom. The van der Waals surface area contributed by atoms with Crippen LogP contribution in [0.5, 0.6) is 0 Å².